The molecule has 0 aliphatic heterocycles. The van der Waals surface area contributed by atoms with E-state index in [0.717, 1.165) is 19.3 Å². The third-order valence-electron chi connectivity index (χ3n) is 3.87. The zero-order valence-corrected chi connectivity index (χ0v) is 7.90. The maximum atomic E-state index is 10.5. The average Bonchev–Trinajstić information content (AvgIpc) is 2.43. The maximum Gasteiger partial charge on any atom is 0.209 e. The van der Waals surface area contributed by atoms with Gasteiger partial charge in [0.2, 0.25) is 6.54 Å². The molecule has 72 valence electrons. The topological polar surface area (TPSA) is 43.1 Å². The average molecular weight is 181 g/mol. The smallest absolute Gasteiger partial charge is 0.209 e. The molecule has 0 aromatic heterocycles. The van der Waals surface area contributed by atoms with E-state index in [2.05, 4.69) is 19.1 Å². The summed E-state index contributed by atoms with van der Waals surface area (Å²) in [5, 5.41) is 10.5. The summed E-state index contributed by atoms with van der Waals surface area (Å²) in [7, 11) is 0. The summed E-state index contributed by atoms with van der Waals surface area (Å²) < 4.78 is 0. The molecule has 3 unspecified atom stereocenters. The Hall–Kier alpha value is -0.860. The quantitative estimate of drug-likeness (QED) is 0.381. The minimum Gasteiger partial charge on any atom is -0.265 e. The number of allylic oxidation sites excluding steroid dienone is 2. The van der Waals surface area contributed by atoms with Gasteiger partial charge in [-0.1, -0.05) is 19.1 Å². The highest BCUT2D eigenvalue weighted by Crippen LogP contribution is 2.58. The summed E-state index contributed by atoms with van der Waals surface area (Å²) in [5.74, 6) is 1.22. The van der Waals surface area contributed by atoms with E-state index in [1.54, 1.807) is 0 Å². The summed E-state index contributed by atoms with van der Waals surface area (Å²) in [6.07, 6.45) is 7.47. The van der Waals surface area contributed by atoms with E-state index in [1.807, 2.05) is 0 Å². The fourth-order valence-electron chi connectivity index (χ4n) is 3.04. The summed E-state index contributed by atoms with van der Waals surface area (Å²) in [5.41, 5.74) is 0.0255. The van der Waals surface area contributed by atoms with Crippen molar-refractivity contribution in [1.29, 1.82) is 0 Å². The molecule has 3 atom stereocenters. The third-order valence-corrected chi connectivity index (χ3v) is 3.87. The van der Waals surface area contributed by atoms with E-state index < -0.39 is 0 Å². The minimum atomic E-state index is -0.141. The van der Waals surface area contributed by atoms with Gasteiger partial charge in [0.05, 0.1) is 0 Å². The second kappa shape index (κ2) is 2.82. The highest BCUT2D eigenvalue weighted by Gasteiger charge is 2.55. The van der Waals surface area contributed by atoms with Crippen LogP contribution in [-0.4, -0.2) is 11.5 Å². The Labute approximate surface area is 78.0 Å². The highest BCUT2D eigenvalue weighted by atomic mass is 16.6. The van der Waals surface area contributed by atoms with Gasteiger partial charge in [-0.2, -0.15) is 0 Å². The Morgan fingerprint density at radius 3 is 3.00 bits per heavy atom. The van der Waals surface area contributed by atoms with Crippen molar-refractivity contribution in [1.82, 2.24) is 0 Å². The summed E-state index contributed by atoms with van der Waals surface area (Å²) in [4.78, 5) is 10.4. The van der Waals surface area contributed by atoms with Gasteiger partial charge >= 0.3 is 0 Å². The number of rotatable bonds is 3. The lowest BCUT2D eigenvalue weighted by molar-refractivity contribution is -0.506. The second-order valence-electron chi connectivity index (χ2n) is 4.35. The van der Waals surface area contributed by atoms with Crippen LogP contribution in [0.3, 0.4) is 0 Å². The van der Waals surface area contributed by atoms with Crippen LogP contribution in [0.4, 0.5) is 0 Å². The molecule has 0 bridgehead atoms. The normalized spacial score (nSPS) is 41.3. The predicted molar refractivity (Wildman–Crippen MR) is 49.9 cm³/mol. The first-order chi connectivity index (χ1) is 6.18. The molecule has 1 fully saturated rings. The maximum absolute atomic E-state index is 10.5. The van der Waals surface area contributed by atoms with Gasteiger partial charge in [0.25, 0.3) is 0 Å². The first-order valence-corrected chi connectivity index (χ1v) is 4.96. The van der Waals surface area contributed by atoms with Crippen molar-refractivity contribution >= 4 is 0 Å². The zero-order valence-electron chi connectivity index (χ0n) is 7.90. The molecule has 1 saturated carbocycles. The summed E-state index contributed by atoms with van der Waals surface area (Å²) in [6.45, 7) is 2.25. The van der Waals surface area contributed by atoms with Crippen LogP contribution >= 0.6 is 0 Å². The lowest BCUT2D eigenvalue weighted by Gasteiger charge is -2.49. The van der Waals surface area contributed by atoms with Crippen LogP contribution in [0, 0.1) is 27.4 Å². The molecule has 0 aromatic rings. The molecule has 0 amide bonds. The Balaban J connectivity index is 2.07. The molecule has 0 radical (unpaired) electrons. The summed E-state index contributed by atoms with van der Waals surface area (Å²) >= 11 is 0. The molecule has 0 spiro atoms. The van der Waals surface area contributed by atoms with E-state index in [9.17, 15) is 10.1 Å². The standard InChI is InChI=1S/C10H15NO2/c1-2-10(7-11(12)13)6-8-4-3-5-9(8)10/h3-4,8-9H,2,5-7H2,1H3. The van der Waals surface area contributed by atoms with Crippen molar-refractivity contribution in [3.63, 3.8) is 0 Å². The van der Waals surface area contributed by atoms with Crippen LogP contribution in [0.5, 0.6) is 0 Å². The second-order valence-corrected chi connectivity index (χ2v) is 4.35. The molecule has 0 heterocycles. The molecule has 2 aliphatic carbocycles. The number of hydrogen-bond donors (Lipinski definition) is 0. The van der Waals surface area contributed by atoms with Crippen LogP contribution in [0.2, 0.25) is 0 Å². The molecule has 2 rings (SSSR count). The van der Waals surface area contributed by atoms with Gasteiger partial charge in [-0.05, 0) is 31.1 Å². The van der Waals surface area contributed by atoms with E-state index in [1.165, 1.54) is 0 Å². The molecule has 0 N–H and O–H groups in total. The molecule has 0 saturated heterocycles. The van der Waals surface area contributed by atoms with Gasteiger partial charge in [0.15, 0.2) is 0 Å². The summed E-state index contributed by atoms with van der Waals surface area (Å²) in [6, 6.07) is 0. The van der Waals surface area contributed by atoms with Crippen LogP contribution in [0.1, 0.15) is 26.2 Å². The first kappa shape index (κ1) is 8.73. The van der Waals surface area contributed by atoms with E-state index in [-0.39, 0.29) is 16.9 Å². The van der Waals surface area contributed by atoms with Crippen molar-refractivity contribution < 1.29 is 4.92 Å². The fourth-order valence-corrected chi connectivity index (χ4v) is 3.04. The van der Waals surface area contributed by atoms with Crippen LogP contribution in [0.15, 0.2) is 12.2 Å². The molecule has 2 aliphatic rings. The SMILES string of the molecule is CCC1(C[N+](=O)[O-])CC2C=CCC21. The van der Waals surface area contributed by atoms with Crippen molar-refractivity contribution in [2.24, 2.45) is 17.3 Å². The lowest BCUT2D eigenvalue weighted by atomic mass is 9.53. The van der Waals surface area contributed by atoms with Gasteiger partial charge in [-0.25, -0.2) is 0 Å². The number of nitro groups is 1. The molecule has 3 heteroatoms. The monoisotopic (exact) mass is 181 g/mol. The van der Waals surface area contributed by atoms with E-state index in [0.29, 0.717) is 11.8 Å². The van der Waals surface area contributed by atoms with Gasteiger partial charge in [-0.3, -0.25) is 10.1 Å². The largest absolute Gasteiger partial charge is 0.265 e. The van der Waals surface area contributed by atoms with Gasteiger partial charge in [-0.15, -0.1) is 0 Å². The molecule has 13 heavy (non-hydrogen) atoms. The van der Waals surface area contributed by atoms with Crippen molar-refractivity contribution in [2.75, 3.05) is 6.54 Å². The van der Waals surface area contributed by atoms with Crippen LogP contribution < -0.4 is 0 Å². The van der Waals surface area contributed by atoms with Crippen LogP contribution in [-0.2, 0) is 0 Å². The Bertz CT molecular complexity index is 262. The zero-order chi connectivity index (χ0) is 9.47. The van der Waals surface area contributed by atoms with Crippen molar-refractivity contribution in [3.05, 3.63) is 22.3 Å². The lowest BCUT2D eigenvalue weighted by Crippen LogP contribution is -2.49. The third kappa shape index (κ3) is 1.18. The van der Waals surface area contributed by atoms with E-state index in [4.69, 9.17) is 0 Å². The van der Waals surface area contributed by atoms with E-state index >= 15 is 0 Å². The Kier molecular flexibility index (Phi) is 1.90. The minimum absolute atomic E-state index is 0.0255. The van der Waals surface area contributed by atoms with Crippen molar-refractivity contribution in [2.45, 2.75) is 26.2 Å². The first-order valence-electron chi connectivity index (χ1n) is 4.96. The molecule has 0 aromatic carbocycles. The number of hydrogen-bond acceptors (Lipinski definition) is 2. The van der Waals surface area contributed by atoms with Crippen LogP contribution in [0.25, 0.3) is 0 Å². The molecular formula is C10H15NO2. The molecular weight excluding hydrogens is 166 g/mol. The van der Waals surface area contributed by atoms with Gasteiger partial charge in [0.1, 0.15) is 0 Å². The number of fused-ring (bicyclic) bond motifs is 1. The molecule has 3 nitrogen and oxygen atoms in total. The van der Waals surface area contributed by atoms with Gasteiger partial charge in [0, 0.05) is 10.3 Å². The van der Waals surface area contributed by atoms with Gasteiger partial charge < -0.3 is 0 Å². The van der Waals surface area contributed by atoms with Crippen molar-refractivity contribution in [3.8, 4) is 0 Å². The Morgan fingerprint density at radius 1 is 1.69 bits per heavy atom. The highest BCUT2D eigenvalue weighted by molar-refractivity contribution is 5.15. The Morgan fingerprint density at radius 2 is 2.46 bits per heavy atom. The number of nitrogens with zero attached hydrogens (tertiary/aromatic N) is 1. The predicted octanol–water partition coefficient (Wildman–Crippen LogP) is 2.26. The fraction of sp³-hybridized carbons (Fsp3) is 0.800.